The predicted molar refractivity (Wildman–Crippen MR) is 82.5 cm³/mol. The number of hydrogen-bond donors (Lipinski definition) is 2. The van der Waals surface area contributed by atoms with Gasteiger partial charge in [-0.1, -0.05) is 6.07 Å². The smallest absolute Gasteiger partial charge is 0.270 e. The van der Waals surface area contributed by atoms with Crippen LogP contribution in [0.3, 0.4) is 0 Å². The van der Waals surface area contributed by atoms with Gasteiger partial charge >= 0.3 is 0 Å². The molecule has 0 saturated heterocycles. The maximum atomic E-state index is 11.9. The van der Waals surface area contributed by atoms with E-state index in [0.29, 0.717) is 19.0 Å². The average Bonchev–Trinajstić information content (AvgIpc) is 2.55. The van der Waals surface area contributed by atoms with Gasteiger partial charge in [0.15, 0.2) is 0 Å². The number of amides is 1. The Hall–Kier alpha value is -2.67. The number of ether oxygens (including phenoxy) is 2. The van der Waals surface area contributed by atoms with E-state index in [1.54, 1.807) is 20.3 Å². The van der Waals surface area contributed by atoms with Gasteiger partial charge in [0.1, 0.15) is 23.6 Å². The molecule has 0 fully saturated rings. The Morgan fingerprint density at radius 3 is 2.86 bits per heavy atom. The second-order valence-electron chi connectivity index (χ2n) is 4.39. The van der Waals surface area contributed by atoms with Crippen molar-refractivity contribution >= 4 is 17.4 Å². The molecule has 22 heavy (non-hydrogen) atoms. The van der Waals surface area contributed by atoms with Crippen LogP contribution < -0.4 is 15.4 Å². The molecule has 7 nitrogen and oxygen atoms in total. The molecule has 1 aromatic heterocycles. The molecular weight excluding hydrogens is 284 g/mol. The van der Waals surface area contributed by atoms with Crippen molar-refractivity contribution in [3.05, 3.63) is 42.4 Å². The van der Waals surface area contributed by atoms with E-state index < -0.39 is 0 Å². The van der Waals surface area contributed by atoms with Crippen LogP contribution >= 0.6 is 0 Å². The lowest BCUT2D eigenvalue weighted by Gasteiger charge is -2.08. The molecule has 2 aromatic rings. The molecule has 0 atom stereocenters. The number of methoxy groups -OCH3 is 2. The Morgan fingerprint density at radius 2 is 2.09 bits per heavy atom. The summed E-state index contributed by atoms with van der Waals surface area (Å²) in [5, 5.41) is 5.81. The Balaban J connectivity index is 2.06. The number of hydrogen-bond acceptors (Lipinski definition) is 6. The topological polar surface area (TPSA) is 85.4 Å². The zero-order valence-electron chi connectivity index (χ0n) is 12.5. The largest absolute Gasteiger partial charge is 0.497 e. The molecule has 0 bridgehead atoms. The first-order chi connectivity index (χ1) is 10.7. The van der Waals surface area contributed by atoms with E-state index in [0.717, 1.165) is 11.4 Å². The Bertz CT molecular complexity index is 634. The Kier molecular flexibility index (Phi) is 5.67. The molecule has 0 aliphatic heterocycles. The number of rotatable bonds is 7. The van der Waals surface area contributed by atoms with E-state index in [2.05, 4.69) is 20.6 Å². The van der Waals surface area contributed by atoms with Crippen LogP contribution in [0.4, 0.5) is 11.5 Å². The Morgan fingerprint density at radius 1 is 1.23 bits per heavy atom. The maximum absolute atomic E-state index is 11.9. The first-order valence-corrected chi connectivity index (χ1v) is 6.73. The van der Waals surface area contributed by atoms with Crippen LogP contribution in [0.1, 0.15) is 10.5 Å². The molecule has 116 valence electrons. The first-order valence-electron chi connectivity index (χ1n) is 6.73. The fourth-order valence-corrected chi connectivity index (χ4v) is 1.76. The van der Waals surface area contributed by atoms with Crippen LogP contribution in [0.2, 0.25) is 0 Å². The van der Waals surface area contributed by atoms with Crippen molar-refractivity contribution in [1.29, 1.82) is 0 Å². The molecule has 1 aromatic carbocycles. The van der Waals surface area contributed by atoms with Crippen molar-refractivity contribution in [2.24, 2.45) is 0 Å². The number of anilines is 2. The van der Waals surface area contributed by atoms with Gasteiger partial charge in [0.05, 0.1) is 13.7 Å². The normalized spacial score (nSPS) is 10.1. The van der Waals surface area contributed by atoms with Crippen molar-refractivity contribution in [2.45, 2.75) is 0 Å². The fourth-order valence-electron chi connectivity index (χ4n) is 1.76. The summed E-state index contributed by atoms with van der Waals surface area (Å²) in [6.07, 6.45) is 1.34. The van der Waals surface area contributed by atoms with Gasteiger partial charge in [0.25, 0.3) is 5.91 Å². The minimum Gasteiger partial charge on any atom is -0.497 e. The van der Waals surface area contributed by atoms with Crippen LogP contribution in [0, 0.1) is 0 Å². The molecule has 2 N–H and O–H groups in total. The van der Waals surface area contributed by atoms with Crippen molar-refractivity contribution in [3.63, 3.8) is 0 Å². The van der Waals surface area contributed by atoms with Crippen molar-refractivity contribution < 1.29 is 14.3 Å². The molecule has 0 unspecified atom stereocenters. The van der Waals surface area contributed by atoms with Crippen LogP contribution in [0.25, 0.3) is 0 Å². The fraction of sp³-hybridized carbons (Fsp3) is 0.267. The maximum Gasteiger partial charge on any atom is 0.270 e. The number of carbonyl (C=O) groups is 1. The predicted octanol–water partition coefficient (Wildman–Crippen LogP) is 1.60. The summed E-state index contributed by atoms with van der Waals surface area (Å²) < 4.78 is 10.0. The lowest BCUT2D eigenvalue weighted by atomic mass is 10.3. The first kappa shape index (κ1) is 15.7. The van der Waals surface area contributed by atoms with Gasteiger partial charge in [-0.3, -0.25) is 4.79 Å². The number of nitrogens with one attached hydrogen (secondary N) is 2. The van der Waals surface area contributed by atoms with E-state index in [-0.39, 0.29) is 11.6 Å². The highest BCUT2D eigenvalue weighted by atomic mass is 16.5. The summed E-state index contributed by atoms with van der Waals surface area (Å²) in [5.41, 5.74) is 1.10. The van der Waals surface area contributed by atoms with Gasteiger partial charge in [-0.25, -0.2) is 9.97 Å². The third-order valence-corrected chi connectivity index (χ3v) is 2.83. The van der Waals surface area contributed by atoms with E-state index in [4.69, 9.17) is 9.47 Å². The van der Waals surface area contributed by atoms with Crippen LogP contribution in [-0.2, 0) is 4.74 Å². The summed E-state index contributed by atoms with van der Waals surface area (Å²) in [6, 6.07) is 9.01. The second-order valence-corrected chi connectivity index (χ2v) is 4.39. The SMILES string of the molecule is COCCNC(=O)c1cc(Nc2cccc(OC)c2)ncn1. The van der Waals surface area contributed by atoms with Gasteiger partial charge in [0, 0.05) is 31.5 Å². The average molecular weight is 302 g/mol. The van der Waals surface area contributed by atoms with E-state index in [9.17, 15) is 4.79 Å². The monoisotopic (exact) mass is 302 g/mol. The number of carbonyl (C=O) groups excluding carboxylic acids is 1. The lowest BCUT2D eigenvalue weighted by molar-refractivity contribution is 0.0932. The van der Waals surface area contributed by atoms with Gasteiger partial charge in [-0.15, -0.1) is 0 Å². The summed E-state index contributed by atoms with van der Waals surface area (Å²) in [6.45, 7) is 0.879. The second kappa shape index (κ2) is 7.94. The van der Waals surface area contributed by atoms with Crippen molar-refractivity contribution in [1.82, 2.24) is 15.3 Å². The van der Waals surface area contributed by atoms with Gasteiger partial charge in [-0.2, -0.15) is 0 Å². The van der Waals surface area contributed by atoms with E-state index in [1.807, 2.05) is 24.3 Å². The molecule has 1 heterocycles. The zero-order chi connectivity index (χ0) is 15.8. The minimum absolute atomic E-state index is 0.270. The number of aromatic nitrogens is 2. The quantitative estimate of drug-likeness (QED) is 0.756. The summed E-state index contributed by atoms with van der Waals surface area (Å²) in [7, 11) is 3.18. The Labute approximate surface area is 128 Å². The molecule has 0 saturated carbocycles. The molecule has 1 amide bonds. The highest BCUT2D eigenvalue weighted by Gasteiger charge is 2.08. The van der Waals surface area contributed by atoms with Crippen molar-refractivity contribution in [2.75, 3.05) is 32.7 Å². The number of benzene rings is 1. The molecule has 0 spiro atoms. The lowest BCUT2D eigenvalue weighted by Crippen LogP contribution is -2.27. The molecular formula is C15H18N4O3. The van der Waals surface area contributed by atoms with E-state index >= 15 is 0 Å². The van der Waals surface area contributed by atoms with Gasteiger partial charge in [-0.05, 0) is 12.1 Å². The molecule has 2 rings (SSSR count). The third kappa shape index (κ3) is 4.42. The highest BCUT2D eigenvalue weighted by Crippen LogP contribution is 2.20. The zero-order valence-corrected chi connectivity index (χ0v) is 12.5. The standard InChI is InChI=1S/C15H18N4O3/c1-21-7-6-16-15(20)13-9-14(18-10-17-13)19-11-4-3-5-12(8-11)22-2/h3-5,8-10H,6-7H2,1-2H3,(H,16,20)(H,17,18,19). The summed E-state index contributed by atoms with van der Waals surface area (Å²) in [4.78, 5) is 20.0. The summed E-state index contributed by atoms with van der Waals surface area (Å²) >= 11 is 0. The van der Waals surface area contributed by atoms with Crippen LogP contribution in [0.15, 0.2) is 36.7 Å². The molecule has 0 radical (unpaired) electrons. The van der Waals surface area contributed by atoms with Crippen LogP contribution in [0.5, 0.6) is 5.75 Å². The van der Waals surface area contributed by atoms with Gasteiger partial charge in [0.2, 0.25) is 0 Å². The highest BCUT2D eigenvalue weighted by molar-refractivity contribution is 5.92. The molecule has 7 heteroatoms. The van der Waals surface area contributed by atoms with Crippen LogP contribution in [-0.4, -0.2) is 43.2 Å². The molecule has 0 aliphatic carbocycles. The van der Waals surface area contributed by atoms with Crippen molar-refractivity contribution in [3.8, 4) is 5.75 Å². The van der Waals surface area contributed by atoms with Gasteiger partial charge < -0.3 is 20.1 Å². The number of nitrogens with zero attached hydrogens (tertiary/aromatic N) is 2. The summed E-state index contributed by atoms with van der Waals surface area (Å²) in [5.74, 6) is 0.991. The van der Waals surface area contributed by atoms with E-state index in [1.165, 1.54) is 6.33 Å². The minimum atomic E-state index is -0.270. The molecule has 0 aliphatic rings. The third-order valence-electron chi connectivity index (χ3n) is 2.83.